The van der Waals surface area contributed by atoms with E-state index in [1.54, 1.807) is 25.1 Å². The van der Waals surface area contributed by atoms with E-state index < -0.39 is 29.7 Å². The summed E-state index contributed by atoms with van der Waals surface area (Å²) < 4.78 is 0.702. The van der Waals surface area contributed by atoms with Crippen molar-refractivity contribution in [2.24, 2.45) is 5.92 Å². The van der Waals surface area contributed by atoms with Gasteiger partial charge >= 0.3 is 5.97 Å². The second-order valence-electron chi connectivity index (χ2n) is 4.54. The molecule has 0 fully saturated rings. The van der Waals surface area contributed by atoms with Gasteiger partial charge in [-0.25, -0.2) is 0 Å². The lowest BCUT2D eigenvalue weighted by Crippen LogP contribution is -2.43. The van der Waals surface area contributed by atoms with Crippen molar-refractivity contribution in [3.63, 3.8) is 0 Å². The number of hydrogen-bond acceptors (Lipinski definition) is 3. The van der Waals surface area contributed by atoms with Crippen molar-refractivity contribution in [2.75, 3.05) is 0 Å². The molecule has 0 saturated heterocycles. The second-order valence-corrected chi connectivity index (χ2v) is 5.45. The van der Waals surface area contributed by atoms with Crippen LogP contribution in [0.15, 0.2) is 22.7 Å². The molecule has 1 aliphatic heterocycles. The molecule has 0 aliphatic carbocycles. The second kappa shape index (κ2) is 4.77. The highest BCUT2D eigenvalue weighted by Crippen LogP contribution is 2.29. The van der Waals surface area contributed by atoms with Gasteiger partial charge in [0.1, 0.15) is 0 Å². The predicted octanol–water partition coefficient (Wildman–Crippen LogP) is 2.15. The van der Waals surface area contributed by atoms with Crippen LogP contribution in [0.5, 0.6) is 0 Å². The number of carbonyl (C=O) groups excluding carboxylic acids is 2. The van der Waals surface area contributed by atoms with E-state index in [0.717, 1.165) is 4.90 Å². The van der Waals surface area contributed by atoms with Gasteiger partial charge < -0.3 is 5.11 Å². The van der Waals surface area contributed by atoms with Gasteiger partial charge in [-0.2, -0.15) is 0 Å². The maximum atomic E-state index is 12.2. The molecule has 0 bridgehead atoms. The number of imide groups is 1. The van der Waals surface area contributed by atoms with Crippen LogP contribution in [0.2, 0.25) is 0 Å². The molecular weight excluding hydrogens is 314 g/mol. The largest absolute Gasteiger partial charge is 0.481 e. The third-order valence-corrected chi connectivity index (χ3v) is 3.89. The summed E-state index contributed by atoms with van der Waals surface area (Å²) in [4.78, 5) is 36.4. The molecule has 100 valence electrons. The number of carbonyl (C=O) groups is 3. The Morgan fingerprint density at radius 2 is 1.79 bits per heavy atom. The number of halogens is 1. The van der Waals surface area contributed by atoms with Crippen LogP contribution in [-0.2, 0) is 4.79 Å². The van der Waals surface area contributed by atoms with E-state index >= 15 is 0 Å². The molecule has 1 aromatic carbocycles. The van der Waals surface area contributed by atoms with Crippen molar-refractivity contribution >= 4 is 33.7 Å². The lowest BCUT2D eigenvalue weighted by Gasteiger charge is -2.25. The molecular formula is C13H12BrNO4. The summed E-state index contributed by atoms with van der Waals surface area (Å²) in [6.45, 7) is 3.04. The van der Waals surface area contributed by atoms with E-state index in [2.05, 4.69) is 15.9 Å². The SMILES string of the molecule is CC(C(=O)O)C(C)N1C(=O)c2ccc(Br)cc2C1=O. The molecule has 2 unspecified atom stereocenters. The van der Waals surface area contributed by atoms with Crippen molar-refractivity contribution < 1.29 is 19.5 Å². The van der Waals surface area contributed by atoms with Crippen LogP contribution in [0.1, 0.15) is 34.6 Å². The van der Waals surface area contributed by atoms with Crippen molar-refractivity contribution in [1.29, 1.82) is 0 Å². The van der Waals surface area contributed by atoms with Gasteiger partial charge in [0.05, 0.1) is 23.1 Å². The molecule has 2 rings (SSSR count). The van der Waals surface area contributed by atoms with Crippen LogP contribution in [0.3, 0.4) is 0 Å². The van der Waals surface area contributed by atoms with Gasteiger partial charge in [-0.05, 0) is 32.0 Å². The van der Waals surface area contributed by atoms with Crippen LogP contribution in [0, 0.1) is 5.92 Å². The van der Waals surface area contributed by atoms with Crippen molar-refractivity contribution in [1.82, 2.24) is 4.90 Å². The van der Waals surface area contributed by atoms with Crippen molar-refractivity contribution in [2.45, 2.75) is 19.9 Å². The van der Waals surface area contributed by atoms with Crippen LogP contribution < -0.4 is 0 Å². The first kappa shape index (κ1) is 13.7. The zero-order valence-electron chi connectivity index (χ0n) is 10.4. The van der Waals surface area contributed by atoms with Gasteiger partial charge in [-0.1, -0.05) is 15.9 Å². The highest BCUT2D eigenvalue weighted by atomic mass is 79.9. The molecule has 0 saturated carbocycles. The number of hydrogen-bond donors (Lipinski definition) is 1. The third-order valence-electron chi connectivity index (χ3n) is 3.40. The molecule has 1 aliphatic rings. The van der Waals surface area contributed by atoms with Gasteiger partial charge in [0.25, 0.3) is 11.8 Å². The normalized spacial score (nSPS) is 17.3. The Morgan fingerprint density at radius 3 is 2.37 bits per heavy atom. The Balaban J connectivity index is 2.40. The zero-order valence-corrected chi connectivity index (χ0v) is 12.0. The fourth-order valence-corrected chi connectivity index (χ4v) is 2.39. The van der Waals surface area contributed by atoms with Gasteiger partial charge in [-0.15, -0.1) is 0 Å². The first-order valence-electron chi connectivity index (χ1n) is 5.75. The van der Waals surface area contributed by atoms with Gasteiger partial charge in [0.15, 0.2) is 0 Å². The molecule has 1 N–H and O–H groups in total. The van der Waals surface area contributed by atoms with E-state index in [1.807, 2.05) is 0 Å². The molecule has 6 heteroatoms. The Morgan fingerprint density at radius 1 is 1.21 bits per heavy atom. The van der Waals surface area contributed by atoms with E-state index in [9.17, 15) is 14.4 Å². The summed E-state index contributed by atoms with van der Waals surface area (Å²) in [5.74, 6) is -2.73. The maximum Gasteiger partial charge on any atom is 0.308 e. The zero-order chi connectivity index (χ0) is 14.3. The number of carboxylic acid groups (broad SMARTS) is 1. The Bertz CT molecular complexity index is 584. The number of amides is 2. The smallest absolute Gasteiger partial charge is 0.308 e. The highest BCUT2D eigenvalue weighted by Gasteiger charge is 2.41. The number of benzene rings is 1. The standard InChI is InChI=1S/C13H12BrNO4/c1-6(13(18)19)7(2)15-11(16)9-4-3-8(14)5-10(9)12(15)17/h3-7H,1-2H3,(H,18,19). The molecule has 0 aromatic heterocycles. The summed E-state index contributed by atoms with van der Waals surface area (Å²) in [5, 5.41) is 8.99. The topological polar surface area (TPSA) is 74.7 Å². The van der Waals surface area contributed by atoms with E-state index in [4.69, 9.17) is 5.11 Å². The average Bonchev–Trinajstić information content (AvgIpc) is 2.59. The molecule has 2 atom stereocenters. The number of aliphatic carboxylic acids is 1. The van der Waals surface area contributed by atoms with Gasteiger partial charge in [-0.3, -0.25) is 19.3 Å². The minimum Gasteiger partial charge on any atom is -0.481 e. The number of fused-ring (bicyclic) bond motifs is 1. The number of rotatable bonds is 3. The summed E-state index contributed by atoms with van der Waals surface area (Å²) in [5.41, 5.74) is 0.626. The summed E-state index contributed by atoms with van der Waals surface area (Å²) in [6, 6.07) is 4.13. The monoisotopic (exact) mass is 325 g/mol. The molecule has 0 radical (unpaired) electrons. The summed E-state index contributed by atoms with van der Waals surface area (Å²) in [7, 11) is 0. The quantitative estimate of drug-likeness (QED) is 0.864. The number of nitrogens with zero attached hydrogens (tertiary/aromatic N) is 1. The Labute approximate surface area is 118 Å². The van der Waals surface area contributed by atoms with E-state index in [-0.39, 0.29) is 0 Å². The number of carboxylic acids is 1. The lowest BCUT2D eigenvalue weighted by atomic mass is 10.0. The molecule has 1 heterocycles. The molecule has 5 nitrogen and oxygen atoms in total. The third kappa shape index (κ3) is 2.16. The Hall–Kier alpha value is -1.69. The summed E-state index contributed by atoms with van der Waals surface area (Å²) in [6.07, 6.45) is 0. The molecule has 19 heavy (non-hydrogen) atoms. The van der Waals surface area contributed by atoms with Crippen LogP contribution in [0.4, 0.5) is 0 Å². The van der Waals surface area contributed by atoms with Crippen molar-refractivity contribution in [3.05, 3.63) is 33.8 Å². The van der Waals surface area contributed by atoms with Crippen LogP contribution in [0.25, 0.3) is 0 Å². The minimum atomic E-state index is -1.04. The maximum absolute atomic E-state index is 12.2. The predicted molar refractivity (Wildman–Crippen MR) is 70.9 cm³/mol. The summed E-state index contributed by atoms with van der Waals surface area (Å²) >= 11 is 3.25. The van der Waals surface area contributed by atoms with E-state index in [1.165, 1.54) is 6.92 Å². The van der Waals surface area contributed by atoms with Crippen LogP contribution in [-0.4, -0.2) is 33.8 Å². The fraction of sp³-hybridized carbons (Fsp3) is 0.308. The molecule has 1 aromatic rings. The lowest BCUT2D eigenvalue weighted by molar-refractivity contribution is -0.142. The minimum absolute atomic E-state index is 0.309. The van der Waals surface area contributed by atoms with Gasteiger partial charge in [0.2, 0.25) is 0 Å². The van der Waals surface area contributed by atoms with Crippen molar-refractivity contribution in [3.8, 4) is 0 Å². The highest BCUT2D eigenvalue weighted by molar-refractivity contribution is 9.10. The molecule has 0 spiro atoms. The fourth-order valence-electron chi connectivity index (χ4n) is 2.03. The van der Waals surface area contributed by atoms with Gasteiger partial charge in [0, 0.05) is 4.47 Å². The molecule has 2 amide bonds. The average molecular weight is 326 g/mol. The Kier molecular flexibility index (Phi) is 3.45. The first-order valence-corrected chi connectivity index (χ1v) is 6.54. The van der Waals surface area contributed by atoms with E-state index in [0.29, 0.717) is 15.6 Å². The van der Waals surface area contributed by atoms with Crippen LogP contribution >= 0.6 is 15.9 Å². The first-order chi connectivity index (χ1) is 8.84.